The number of hydrogen-bond donors (Lipinski definition) is 1. The minimum Gasteiger partial charge on any atom is -0.478 e. The molecule has 1 N–H and O–H groups in total. The number of benzene rings is 1. The van der Waals surface area contributed by atoms with E-state index in [1.54, 1.807) is 18.2 Å². The van der Waals surface area contributed by atoms with Gasteiger partial charge in [0.2, 0.25) is 5.89 Å². The molecule has 0 saturated heterocycles. The molecule has 106 valence electrons. The van der Waals surface area contributed by atoms with Crippen molar-refractivity contribution in [1.82, 2.24) is 10.1 Å². The molecule has 1 aromatic heterocycles. The quantitative estimate of drug-likeness (QED) is 0.823. The predicted octanol–water partition coefficient (Wildman–Crippen LogP) is 3.26. The zero-order valence-corrected chi connectivity index (χ0v) is 12.2. The zero-order chi connectivity index (χ0) is 14.5. The average molecular weight is 292 g/mol. The van der Waals surface area contributed by atoms with E-state index in [1.807, 2.05) is 6.07 Å². The molecular weight excluding hydrogens is 276 g/mol. The van der Waals surface area contributed by atoms with E-state index in [1.165, 1.54) is 11.8 Å². The fourth-order valence-electron chi connectivity index (χ4n) is 1.71. The molecule has 2 aromatic rings. The molecule has 0 aliphatic rings. The van der Waals surface area contributed by atoms with Gasteiger partial charge >= 0.3 is 5.97 Å². The van der Waals surface area contributed by atoms with Crippen LogP contribution in [0.4, 0.5) is 0 Å². The molecule has 0 spiro atoms. The molecule has 0 aliphatic heterocycles. The van der Waals surface area contributed by atoms with Crippen LogP contribution in [0, 0.1) is 5.92 Å². The van der Waals surface area contributed by atoms with Gasteiger partial charge in [0.1, 0.15) is 0 Å². The summed E-state index contributed by atoms with van der Waals surface area (Å²) in [7, 11) is 0. The molecule has 2 rings (SSSR count). The fraction of sp³-hybridized carbons (Fsp3) is 0.357. The number of aromatic nitrogens is 2. The normalized spacial score (nSPS) is 10.9. The van der Waals surface area contributed by atoms with E-state index in [0.29, 0.717) is 33.8 Å². The lowest BCUT2D eigenvalue weighted by atomic mass is 10.1. The van der Waals surface area contributed by atoms with Gasteiger partial charge in [-0.1, -0.05) is 31.1 Å². The molecule has 5 nitrogen and oxygen atoms in total. The average Bonchev–Trinajstić information content (AvgIpc) is 2.83. The first-order chi connectivity index (χ1) is 9.56. The van der Waals surface area contributed by atoms with Crippen LogP contribution >= 0.6 is 11.8 Å². The Bertz CT molecular complexity index is 596. The number of nitrogens with zero attached hydrogens (tertiary/aromatic N) is 2. The summed E-state index contributed by atoms with van der Waals surface area (Å²) in [5.41, 5.74) is 0.291. The van der Waals surface area contributed by atoms with Crippen molar-refractivity contribution in [3.05, 3.63) is 41.5 Å². The molecule has 6 heteroatoms. The van der Waals surface area contributed by atoms with Gasteiger partial charge in [-0.15, -0.1) is 11.8 Å². The Morgan fingerprint density at radius 1 is 1.40 bits per heavy atom. The molecule has 1 aromatic carbocycles. The lowest BCUT2D eigenvalue weighted by Crippen LogP contribution is -1.98. The number of hydrogen-bond acceptors (Lipinski definition) is 5. The highest BCUT2D eigenvalue weighted by molar-refractivity contribution is 7.98. The molecule has 0 bridgehead atoms. The maximum Gasteiger partial charge on any atom is 0.336 e. The molecule has 1 heterocycles. The van der Waals surface area contributed by atoms with Gasteiger partial charge in [-0.2, -0.15) is 4.98 Å². The Kier molecular flexibility index (Phi) is 4.79. The smallest absolute Gasteiger partial charge is 0.336 e. The van der Waals surface area contributed by atoms with E-state index in [-0.39, 0.29) is 0 Å². The van der Waals surface area contributed by atoms with Crippen LogP contribution < -0.4 is 0 Å². The van der Waals surface area contributed by atoms with E-state index in [9.17, 15) is 4.79 Å². The van der Waals surface area contributed by atoms with Crippen LogP contribution in [0.3, 0.4) is 0 Å². The highest BCUT2D eigenvalue weighted by Gasteiger charge is 2.12. The summed E-state index contributed by atoms with van der Waals surface area (Å²) in [6.07, 6.45) is 0.778. The lowest BCUT2D eigenvalue weighted by molar-refractivity contribution is 0.0693. The van der Waals surface area contributed by atoms with Crippen LogP contribution in [0.1, 0.15) is 35.9 Å². The van der Waals surface area contributed by atoms with Crippen LogP contribution in [-0.2, 0) is 12.2 Å². The highest BCUT2D eigenvalue weighted by atomic mass is 32.2. The molecular formula is C14H16N2O3S. The number of carbonyl (C=O) groups is 1. The van der Waals surface area contributed by atoms with Crippen LogP contribution in [0.2, 0.25) is 0 Å². The summed E-state index contributed by atoms with van der Waals surface area (Å²) in [6.45, 7) is 4.18. The molecule has 0 radical (unpaired) electrons. The molecule has 0 unspecified atom stereocenters. The summed E-state index contributed by atoms with van der Waals surface area (Å²) in [6, 6.07) is 6.88. The molecule has 0 saturated carbocycles. The summed E-state index contributed by atoms with van der Waals surface area (Å²) in [5, 5.41) is 13.0. The third-order valence-corrected chi connectivity index (χ3v) is 3.63. The zero-order valence-electron chi connectivity index (χ0n) is 11.4. The molecule has 20 heavy (non-hydrogen) atoms. The van der Waals surface area contributed by atoms with Crippen LogP contribution in [0.5, 0.6) is 0 Å². The fourth-order valence-corrected chi connectivity index (χ4v) is 2.59. The molecule has 0 amide bonds. The third-order valence-electron chi connectivity index (χ3n) is 2.57. The minimum atomic E-state index is -0.931. The van der Waals surface area contributed by atoms with Gasteiger partial charge in [-0.05, 0) is 18.1 Å². The monoisotopic (exact) mass is 292 g/mol. The Morgan fingerprint density at radius 3 is 2.85 bits per heavy atom. The topological polar surface area (TPSA) is 76.2 Å². The second-order valence-corrected chi connectivity index (χ2v) is 5.81. The summed E-state index contributed by atoms with van der Waals surface area (Å²) < 4.78 is 5.16. The summed E-state index contributed by atoms with van der Waals surface area (Å²) >= 11 is 1.38. The van der Waals surface area contributed by atoms with Gasteiger partial charge < -0.3 is 9.63 Å². The van der Waals surface area contributed by atoms with E-state index in [0.717, 1.165) is 6.42 Å². The second-order valence-electron chi connectivity index (χ2n) is 4.79. The first-order valence-electron chi connectivity index (χ1n) is 6.33. The van der Waals surface area contributed by atoms with Gasteiger partial charge in [-0.3, -0.25) is 0 Å². The molecule has 0 atom stereocenters. The second kappa shape index (κ2) is 6.56. The number of rotatable bonds is 6. The Balaban J connectivity index is 2.02. The number of carboxylic acid groups (broad SMARTS) is 1. The van der Waals surface area contributed by atoms with Gasteiger partial charge in [-0.25, -0.2) is 4.79 Å². The van der Waals surface area contributed by atoms with Crippen molar-refractivity contribution in [1.29, 1.82) is 0 Å². The van der Waals surface area contributed by atoms with E-state index >= 15 is 0 Å². The van der Waals surface area contributed by atoms with Crippen molar-refractivity contribution in [2.45, 2.75) is 30.9 Å². The van der Waals surface area contributed by atoms with Crippen molar-refractivity contribution in [2.75, 3.05) is 0 Å². The summed E-state index contributed by atoms with van der Waals surface area (Å²) in [5.74, 6) is 1.22. The number of aromatic carboxylic acids is 1. The van der Waals surface area contributed by atoms with Gasteiger partial charge in [0.15, 0.2) is 5.82 Å². The van der Waals surface area contributed by atoms with Crippen molar-refractivity contribution in [3.8, 4) is 0 Å². The number of carboxylic acids is 1. The van der Waals surface area contributed by atoms with Gasteiger partial charge in [0.05, 0.1) is 11.3 Å². The molecule has 0 aliphatic carbocycles. The maximum absolute atomic E-state index is 11.1. The Hall–Kier alpha value is -1.82. The Morgan fingerprint density at radius 2 is 2.15 bits per heavy atom. The van der Waals surface area contributed by atoms with Crippen molar-refractivity contribution >= 4 is 17.7 Å². The molecule has 0 fully saturated rings. The van der Waals surface area contributed by atoms with E-state index in [2.05, 4.69) is 24.0 Å². The van der Waals surface area contributed by atoms with Crippen molar-refractivity contribution < 1.29 is 14.4 Å². The first-order valence-corrected chi connectivity index (χ1v) is 7.31. The first kappa shape index (κ1) is 14.6. The largest absolute Gasteiger partial charge is 0.478 e. The maximum atomic E-state index is 11.1. The van der Waals surface area contributed by atoms with Crippen LogP contribution in [-0.4, -0.2) is 21.2 Å². The predicted molar refractivity (Wildman–Crippen MR) is 75.8 cm³/mol. The minimum absolute atomic E-state index is 0.291. The van der Waals surface area contributed by atoms with E-state index < -0.39 is 5.97 Å². The van der Waals surface area contributed by atoms with Crippen LogP contribution in [0.25, 0.3) is 0 Å². The highest BCUT2D eigenvalue weighted by Crippen LogP contribution is 2.25. The standard InChI is InChI=1S/C14H16N2O3S/c1-9(2)7-12-15-13(19-16-12)8-20-11-6-4-3-5-10(11)14(17)18/h3-6,9H,7-8H2,1-2H3,(H,17,18). The Labute approximate surface area is 121 Å². The summed E-state index contributed by atoms with van der Waals surface area (Å²) in [4.78, 5) is 16.1. The van der Waals surface area contributed by atoms with E-state index in [4.69, 9.17) is 9.63 Å². The SMILES string of the molecule is CC(C)Cc1noc(CSc2ccccc2C(=O)O)n1. The van der Waals surface area contributed by atoms with Gasteiger partial charge in [0.25, 0.3) is 0 Å². The van der Waals surface area contributed by atoms with Crippen molar-refractivity contribution in [2.24, 2.45) is 5.92 Å². The lowest BCUT2D eigenvalue weighted by Gasteiger charge is -2.02. The number of thioether (sulfide) groups is 1. The van der Waals surface area contributed by atoms with Crippen molar-refractivity contribution in [3.63, 3.8) is 0 Å². The third kappa shape index (κ3) is 3.84. The van der Waals surface area contributed by atoms with Gasteiger partial charge in [0, 0.05) is 11.3 Å². The van der Waals surface area contributed by atoms with Crippen LogP contribution in [0.15, 0.2) is 33.7 Å².